The molecule has 0 aliphatic carbocycles. The van der Waals surface area contributed by atoms with E-state index >= 15 is 0 Å². The minimum absolute atomic E-state index is 0.634. The van der Waals surface area contributed by atoms with E-state index in [1.54, 1.807) is 14.2 Å². The second kappa shape index (κ2) is 8.48. The third-order valence-electron chi connectivity index (χ3n) is 5.24. The molecule has 4 aromatic rings. The number of hydrogen-bond donors (Lipinski definition) is 0. The lowest BCUT2D eigenvalue weighted by Gasteiger charge is -2.11. The van der Waals surface area contributed by atoms with Crippen molar-refractivity contribution < 1.29 is 13.9 Å². The summed E-state index contributed by atoms with van der Waals surface area (Å²) in [6.45, 7) is 6.25. The van der Waals surface area contributed by atoms with Gasteiger partial charge in [-0.1, -0.05) is 29.3 Å². The Bertz CT molecular complexity index is 1330. The van der Waals surface area contributed by atoms with Gasteiger partial charge < -0.3 is 13.9 Å². The van der Waals surface area contributed by atoms with Crippen molar-refractivity contribution in [3.8, 4) is 22.8 Å². The van der Waals surface area contributed by atoms with Crippen LogP contribution in [0.15, 0.2) is 64.0 Å². The van der Waals surface area contributed by atoms with Crippen LogP contribution < -0.4 is 14.8 Å². The third kappa shape index (κ3) is 4.17. The minimum Gasteiger partial charge on any atom is -0.493 e. The Labute approximate surface area is 186 Å². The number of benzene rings is 3. The normalized spacial score (nSPS) is 11.7. The topological polar surface area (TPSA) is 44.0 Å². The highest BCUT2D eigenvalue weighted by molar-refractivity contribution is 6.31. The molecule has 3 aromatic carbocycles. The van der Waals surface area contributed by atoms with E-state index in [9.17, 15) is 0 Å². The zero-order valence-electron chi connectivity index (χ0n) is 18.2. The van der Waals surface area contributed by atoms with Crippen molar-refractivity contribution in [2.45, 2.75) is 20.8 Å². The number of aryl methyl sites for hydroxylation is 3. The first-order valence-corrected chi connectivity index (χ1v) is 10.4. The maximum Gasteiger partial charge on any atom is 0.161 e. The smallest absolute Gasteiger partial charge is 0.161 e. The zero-order valence-corrected chi connectivity index (χ0v) is 19.0. The Morgan fingerprint density at radius 3 is 2.19 bits per heavy atom. The van der Waals surface area contributed by atoms with Crippen molar-refractivity contribution in [2.75, 3.05) is 14.2 Å². The summed E-state index contributed by atoms with van der Waals surface area (Å²) < 4.78 is 17.0. The summed E-state index contributed by atoms with van der Waals surface area (Å²) in [5, 5.41) is 2.29. The van der Waals surface area contributed by atoms with E-state index in [4.69, 9.17) is 30.5 Å². The first-order valence-electron chi connectivity index (χ1n) is 9.98. The van der Waals surface area contributed by atoms with Crippen LogP contribution >= 0.6 is 11.6 Å². The lowest BCUT2D eigenvalue weighted by atomic mass is 10.1. The van der Waals surface area contributed by atoms with Crippen LogP contribution in [0.3, 0.4) is 0 Å². The molecule has 1 heterocycles. The molecular formula is C26H24ClNO3. The van der Waals surface area contributed by atoms with Crippen LogP contribution in [-0.2, 0) is 0 Å². The van der Waals surface area contributed by atoms with Crippen LogP contribution in [0.5, 0.6) is 11.5 Å². The van der Waals surface area contributed by atoms with Crippen molar-refractivity contribution in [1.82, 2.24) is 0 Å². The van der Waals surface area contributed by atoms with Crippen molar-refractivity contribution in [2.24, 2.45) is 4.99 Å². The number of methoxy groups -OCH3 is 2. The van der Waals surface area contributed by atoms with E-state index in [1.165, 1.54) is 5.56 Å². The summed E-state index contributed by atoms with van der Waals surface area (Å²) in [6.07, 6.45) is 0. The first kappa shape index (κ1) is 21.0. The molecule has 0 saturated heterocycles. The summed E-state index contributed by atoms with van der Waals surface area (Å²) in [5.41, 5.74) is 6.00. The molecular weight excluding hydrogens is 410 g/mol. The van der Waals surface area contributed by atoms with Gasteiger partial charge in [0.05, 0.1) is 25.3 Å². The highest BCUT2D eigenvalue weighted by atomic mass is 35.5. The molecule has 0 aliphatic heterocycles. The van der Waals surface area contributed by atoms with Gasteiger partial charge in [-0.3, -0.25) is 0 Å². The maximum atomic E-state index is 6.29. The second-order valence-corrected chi connectivity index (χ2v) is 8.00. The van der Waals surface area contributed by atoms with E-state index in [-0.39, 0.29) is 0 Å². The number of fused-ring (bicyclic) bond motifs is 1. The Balaban J connectivity index is 2.01. The van der Waals surface area contributed by atoms with Crippen LogP contribution in [0, 0.1) is 20.8 Å². The molecule has 0 aliphatic rings. The lowest BCUT2D eigenvalue weighted by Crippen LogP contribution is -2.04. The lowest BCUT2D eigenvalue weighted by molar-refractivity contribution is 0.355. The van der Waals surface area contributed by atoms with Crippen molar-refractivity contribution in [1.29, 1.82) is 0 Å². The molecule has 0 spiro atoms. The Hall–Kier alpha value is -3.24. The first-order chi connectivity index (χ1) is 14.9. The number of halogens is 1. The van der Waals surface area contributed by atoms with Gasteiger partial charge in [-0.25, -0.2) is 4.99 Å². The molecule has 0 amide bonds. The van der Waals surface area contributed by atoms with Gasteiger partial charge in [0.25, 0.3) is 0 Å². The summed E-state index contributed by atoms with van der Waals surface area (Å²) in [4.78, 5) is 5.04. The molecule has 1 aromatic heterocycles. The maximum absolute atomic E-state index is 6.29. The molecule has 0 unspecified atom stereocenters. The quantitative estimate of drug-likeness (QED) is 0.350. The predicted molar refractivity (Wildman–Crippen MR) is 126 cm³/mol. The van der Waals surface area contributed by atoms with Crippen LogP contribution in [0.25, 0.3) is 22.3 Å². The molecule has 4 rings (SSSR count). The van der Waals surface area contributed by atoms with Gasteiger partial charge in [-0.15, -0.1) is 0 Å². The molecule has 4 nitrogen and oxygen atoms in total. The van der Waals surface area contributed by atoms with E-state index in [0.717, 1.165) is 33.1 Å². The number of hydrogen-bond acceptors (Lipinski definition) is 4. The summed E-state index contributed by atoms with van der Waals surface area (Å²) in [7, 11) is 3.23. The van der Waals surface area contributed by atoms with Gasteiger partial charge in [-0.2, -0.15) is 0 Å². The van der Waals surface area contributed by atoms with Gasteiger partial charge in [0.1, 0.15) is 11.3 Å². The monoisotopic (exact) mass is 433 g/mol. The average molecular weight is 434 g/mol. The van der Waals surface area contributed by atoms with E-state index in [1.807, 2.05) is 42.5 Å². The molecule has 0 radical (unpaired) electrons. The van der Waals surface area contributed by atoms with Crippen molar-refractivity contribution in [3.05, 3.63) is 81.7 Å². The van der Waals surface area contributed by atoms with Gasteiger partial charge in [0, 0.05) is 22.0 Å². The summed E-state index contributed by atoms with van der Waals surface area (Å²) in [6, 6.07) is 17.5. The number of rotatable bonds is 4. The Morgan fingerprint density at radius 2 is 1.52 bits per heavy atom. The highest BCUT2D eigenvalue weighted by Crippen LogP contribution is 2.33. The molecule has 158 valence electrons. The average Bonchev–Trinajstić information content (AvgIpc) is 2.75. The Kier molecular flexibility index (Phi) is 5.75. The second-order valence-electron chi connectivity index (χ2n) is 7.57. The van der Waals surface area contributed by atoms with Crippen LogP contribution in [0.4, 0.5) is 5.69 Å². The van der Waals surface area contributed by atoms with Gasteiger partial charge in [0.15, 0.2) is 11.5 Å². The molecule has 0 bridgehead atoms. The van der Waals surface area contributed by atoms with Crippen LogP contribution in [-0.4, -0.2) is 14.2 Å². The largest absolute Gasteiger partial charge is 0.493 e. The van der Waals surface area contributed by atoms with E-state index in [2.05, 4.69) is 32.9 Å². The molecule has 0 atom stereocenters. The highest BCUT2D eigenvalue weighted by Gasteiger charge is 2.11. The molecule has 0 fully saturated rings. The third-order valence-corrected chi connectivity index (χ3v) is 5.48. The molecule has 5 heteroatoms. The SMILES string of the molecule is COc1ccc(-c2cc(=Nc3c(C)cc(C)cc3C)c3cc(Cl)ccc3o2)cc1OC. The summed E-state index contributed by atoms with van der Waals surface area (Å²) in [5.74, 6) is 1.97. The van der Waals surface area contributed by atoms with Gasteiger partial charge in [0.2, 0.25) is 0 Å². The standard InChI is InChI=1S/C26H24ClNO3/c1-15-10-16(2)26(17(3)11-15)28-21-14-24(31-22-9-7-19(27)13-20(21)22)18-6-8-23(29-4)25(12-18)30-5/h6-14H,1-5H3. The van der Waals surface area contributed by atoms with Gasteiger partial charge in [-0.05, 0) is 68.3 Å². The van der Waals surface area contributed by atoms with E-state index in [0.29, 0.717) is 27.9 Å². The minimum atomic E-state index is 0.634. The zero-order chi connectivity index (χ0) is 22.1. The predicted octanol–water partition coefficient (Wildman–Crippen LogP) is 6.93. The van der Waals surface area contributed by atoms with Crippen molar-refractivity contribution in [3.63, 3.8) is 0 Å². The number of ether oxygens (including phenoxy) is 2. The van der Waals surface area contributed by atoms with Crippen molar-refractivity contribution >= 4 is 28.3 Å². The fourth-order valence-electron chi connectivity index (χ4n) is 3.83. The Morgan fingerprint density at radius 1 is 0.806 bits per heavy atom. The van der Waals surface area contributed by atoms with Gasteiger partial charge >= 0.3 is 0 Å². The number of nitrogens with zero attached hydrogens (tertiary/aromatic N) is 1. The van der Waals surface area contributed by atoms with Crippen LogP contribution in [0.1, 0.15) is 16.7 Å². The van der Waals surface area contributed by atoms with Crippen LogP contribution in [0.2, 0.25) is 5.02 Å². The molecule has 0 N–H and O–H groups in total. The fraction of sp³-hybridized carbons (Fsp3) is 0.192. The fourth-order valence-corrected chi connectivity index (χ4v) is 4.01. The molecule has 0 saturated carbocycles. The summed E-state index contributed by atoms with van der Waals surface area (Å²) >= 11 is 6.29. The molecule has 31 heavy (non-hydrogen) atoms. The van der Waals surface area contributed by atoms with E-state index < -0.39 is 0 Å².